The predicted octanol–water partition coefficient (Wildman–Crippen LogP) is 4.73. The highest BCUT2D eigenvalue weighted by atomic mass is 32.2. The van der Waals surface area contributed by atoms with Crippen molar-refractivity contribution in [2.24, 2.45) is 5.41 Å². The van der Waals surface area contributed by atoms with Gasteiger partial charge in [-0.15, -0.1) is 0 Å². The number of methoxy groups -OCH3 is 1. The highest BCUT2D eigenvalue weighted by Gasteiger charge is 2.57. The van der Waals surface area contributed by atoms with E-state index in [4.69, 9.17) is 9.47 Å². The molecule has 1 aliphatic carbocycles. The molecule has 1 aliphatic heterocycles. The Labute approximate surface area is 254 Å². The van der Waals surface area contributed by atoms with Crippen LogP contribution in [0.15, 0.2) is 59.5 Å². The molecule has 1 heterocycles. The van der Waals surface area contributed by atoms with Crippen molar-refractivity contribution >= 4 is 16.1 Å². The Morgan fingerprint density at radius 3 is 2.42 bits per heavy atom. The number of rotatable bonds is 13. The van der Waals surface area contributed by atoms with Gasteiger partial charge in [0.15, 0.2) is 0 Å². The lowest BCUT2D eigenvalue weighted by atomic mass is 9.57. The van der Waals surface area contributed by atoms with Crippen LogP contribution in [0.1, 0.15) is 63.9 Å². The van der Waals surface area contributed by atoms with Crippen LogP contribution in [0.5, 0.6) is 5.75 Å². The summed E-state index contributed by atoms with van der Waals surface area (Å²) in [5.41, 5.74) is -1.52. The molecule has 2 aliphatic rings. The molecule has 1 saturated heterocycles. The number of sulfonamides is 1. The van der Waals surface area contributed by atoms with Gasteiger partial charge in [-0.2, -0.15) is 5.26 Å². The van der Waals surface area contributed by atoms with Crippen LogP contribution < -0.4 is 9.46 Å². The van der Waals surface area contributed by atoms with E-state index >= 15 is 0 Å². The van der Waals surface area contributed by atoms with Crippen LogP contribution in [0.25, 0.3) is 0 Å². The SMILES string of the molecule is COc1ccc(S(=O)(=O)N[C@](C)([C@H](O)[C@H](Cc2ccccc2)N(C(=O)O)C2CCOC2)C2(CCC#N)CCCCC2)cc1. The van der Waals surface area contributed by atoms with E-state index in [0.717, 1.165) is 24.8 Å². The molecule has 0 spiro atoms. The third kappa shape index (κ3) is 7.15. The number of nitrogens with zero attached hydrogens (tertiary/aromatic N) is 2. The molecule has 234 valence electrons. The standard InChI is InChI=1S/C32H43N3O7S/c1-31(32(19-9-20-33)17-7-4-8-18-32,34-43(39,40)27-14-12-26(41-2)13-15-27)29(36)28(22-24-10-5-3-6-11-24)35(30(37)38)25-16-21-42-23-25/h3,5-6,10-15,25,28-29,34,36H,4,7-9,16-19,21-23H2,1-2H3,(H,37,38)/t25?,28-,29+,31+/m0/s1. The molecule has 2 fully saturated rings. The monoisotopic (exact) mass is 613 g/mol. The Morgan fingerprint density at radius 2 is 1.86 bits per heavy atom. The molecule has 4 rings (SSSR count). The van der Waals surface area contributed by atoms with Crippen molar-refractivity contribution in [3.05, 3.63) is 60.2 Å². The fourth-order valence-electron chi connectivity index (χ4n) is 7.04. The van der Waals surface area contributed by atoms with Crippen molar-refractivity contribution in [2.75, 3.05) is 20.3 Å². The first-order valence-corrected chi connectivity index (χ1v) is 16.4. The third-order valence-electron chi connectivity index (χ3n) is 9.46. The van der Waals surface area contributed by atoms with Crippen molar-refractivity contribution < 1.29 is 32.9 Å². The van der Waals surface area contributed by atoms with Crippen LogP contribution in [-0.2, 0) is 21.2 Å². The molecule has 0 aromatic heterocycles. The molecule has 1 saturated carbocycles. The maximum absolute atomic E-state index is 14.1. The topological polar surface area (TPSA) is 149 Å². The van der Waals surface area contributed by atoms with Crippen molar-refractivity contribution in [1.82, 2.24) is 9.62 Å². The number of carboxylic acid groups (broad SMARTS) is 1. The number of aliphatic hydroxyl groups is 1. The lowest BCUT2D eigenvalue weighted by Crippen LogP contribution is -2.70. The number of aliphatic hydroxyl groups excluding tert-OH is 1. The van der Waals surface area contributed by atoms with Gasteiger partial charge < -0.3 is 19.7 Å². The van der Waals surface area contributed by atoms with Gasteiger partial charge in [0.1, 0.15) is 5.75 Å². The summed E-state index contributed by atoms with van der Waals surface area (Å²) in [5, 5.41) is 32.8. The van der Waals surface area contributed by atoms with Gasteiger partial charge in [0.2, 0.25) is 10.0 Å². The Bertz CT molecular complexity index is 1350. The minimum absolute atomic E-state index is 0.00291. The van der Waals surface area contributed by atoms with Gasteiger partial charge in [0.05, 0.1) is 48.4 Å². The summed E-state index contributed by atoms with van der Waals surface area (Å²) in [6.45, 7) is 2.29. The van der Waals surface area contributed by atoms with Gasteiger partial charge in [0.25, 0.3) is 0 Å². The first-order chi connectivity index (χ1) is 20.6. The van der Waals surface area contributed by atoms with Gasteiger partial charge in [-0.25, -0.2) is 17.9 Å². The quantitative estimate of drug-likeness (QED) is 0.294. The van der Waals surface area contributed by atoms with Gasteiger partial charge in [-0.1, -0.05) is 49.6 Å². The van der Waals surface area contributed by atoms with Crippen LogP contribution >= 0.6 is 0 Å². The molecule has 43 heavy (non-hydrogen) atoms. The summed E-state index contributed by atoms with van der Waals surface area (Å²) >= 11 is 0. The molecule has 2 aromatic rings. The molecule has 1 unspecified atom stereocenters. The van der Waals surface area contributed by atoms with E-state index in [1.54, 1.807) is 19.1 Å². The van der Waals surface area contributed by atoms with Crippen molar-refractivity contribution in [3.63, 3.8) is 0 Å². The van der Waals surface area contributed by atoms with Crippen LogP contribution in [0.3, 0.4) is 0 Å². The number of nitriles is 1. The van der Waals surface area contributed by atoms with Crippen LogP contribution in [0.4, 0.5) is 4.79 Å². The molecule has 2 aromatic carbocycles. The van der Waals surface area contributed by atoms with E-state index in [1.807, 2.05) is 30.3 Å². The van der Waals surface area contributed by atoms with Gasteiger partial charge in [0, 0.05) is 13.0 Å². The van der Waals surface area contributed by atoms with E-state index in [1.165, 1.54) is 24.1 Å². The summed E-state index contributed by atoms with van der Waals surface area (Å²) < 4.78 is 41.8. The average molecular weight is 614 g/mol. The van der Waals surface area contributed by atoms with E-state index in [2.05, 4.69) is 10.8 Å². The summed E-state index contributed by atoms with van der Waals surface area (Å²) in [5.74, 6) is 0.498. The van der Waals surface area contributed by atoms with Gasteiger partial charge >= 0.3 is 6.09 Å². The average Bonchev–Trinajstić information content (AvgIpc) is 3.54. The zero-order valence-electron chi connectivity index (χ0n) is 24.9. The Kier molecular flexibility index (Phi) is 10.7. The largest absolute Gasteiger partial charge is 0.497 e. The van der Waals surface area contributed by atoms with Gasteiger partial charge in [-0.05, 0) is 74.3 Å². The number of amides is 1. The summed E-state index contributed by atoms with van der Waals surface area (Å²) in [6, 6.07) is 16.0. The number of carbonyl (C=O) groups is 1. The Balaban J connectivity index is 1.87. The highest BCUT2D eigenvalue weighted by Crippen LogP contribution is 2.51. The number of hydrogen-bond acceptors (Lipinski definition) is 7. The molecule has 11 heteroatoms. The maximum Gasteiger partial charge on any atom is 0.407 e. The molecule has 3 N–H and O–H groups in total. The van der Waals surface area contributed by atoms with Crippen LogP contribution in [0, 0.1) is 16.7 Å². The molecule has 1 amide bonds. The third-order valence-corrected chi connectivity index (χ3v) is 11.1. The van der Waals surface area contributed by atoms with Crippen LogP contribution in [0.2, 0.25) is 0 Å². The maximum atomic E-state index is 14.1. The minimum Gasteiger partial charge on any atom is -0.497 e. The normalized spacial score (nSPS) is 21.2. The highest BCUT2D eigenvalue weighted by molar-refractivity contribution is 7.89. The van der Waals surface area contributed by atoms with Crippen molar-refractivity contribution in [1.29, 1.82) is 5.26 Å². The second kappa shape index (κ2) is 14.1. The molecular weight excluding hydrogens is 570 g/mol. The second-order valence-electron chi connectivity index (χ2n) is 11.9. The smallest absolute Gasteiger partial charge is 0.407 e. The summed E-state index contributed by atoms with van der Waals surface area (Å²) in [7, 11) is -2.72. The van der Waals surface area contributed by atoms with Gasteiger partial charge in [-0.3, -0.25) is 4.90 Å². The van der Waals surface area contributed by atoms with E-state index in [-0.39, 0.29) is 24.3 Å². The van der Waals surface area contributed by atoms with E-state index < -0.39 is 45.3 Å². The lowest BCUT2D eigenvalue weighted by Gasteiger charge is -2.55. The number of benzene rings is 2. The molecular formula is C32H43N3O7S. The first-order valence-electron chi connectivity index (χ1n) is 14.9. The van der Waals surface area contributed by atoms with E-state index in [9.17, 15) is 28.7 Å². The zero-order valence-corrected chi connectivity index (χ0v) is 25.8. The molecule has 4 atom stereocenters. The lowest BCUT2D eigenvalue weighted by molar-refractivity contribution is -0.0784. The van der Waals surface area contributed by atoms with Crippen molar-refractivity contribution in [2.45, 2.75) is 93.3 Å². The fourth-order valence-corrected chi connectivity index (χ4v) is 8.55. The molecule has 10 nitrogen and oxygen atoms in total. The van der Waals surface area contributed by atoms with E-state index in [0.29, 0.717) is 38.0 Å². The molecule has 0 bridgehead atoms. The molecule has 0 radical (unpaired) electrons. The predicted molar refractivity (Wildman–Crippen MR) is 161 cm³/mol. The number of hydrogen-bond donors (Lipinski definition) is 3. The van der Waals surface area contributed by atoms with Crippen molar-refractivity contribution in [3.8, 4) is 11.8 Å². The summed E-state index contributed by atoms with van der Waals surface area (Å²) in [4.78, 5) is 14.2. The Hall–Kier alpha value is -3.17. The van der Waals surface area contributed by atoms with Crippen LogP contribution in [-0.4, -0.2) is 73.7 Å². The summed E-state index contributed by atoms with van der Waals surface area (Å²) in [6.07, 6.45) is 2.25. The number of nitrogens with one attached hydrogen (secondary N) is 1. The Morgan fingerprint density at radius 1 is 1.19 bits per heavy atom. The minimum atomic E-state index is -4.21. The second-order valence-corrected chi connectivity index (χ2v) is 13.6. The number of ether oxygens (including phenoxy) is 2. The fraction of sp³-hybridized carbons (Fsp3) is 0.562. The first kappa shape index (κ1) is 32.7. The zero-order chi connectivity index (χ0) is 31.1.